The van der Waals surface area contributed by atoms with Gasteiger partial charge in [0.25, 0.3) is 0 Å². The Hall–Kier alpha value is -1.91. The second-order valence-corrected chi connectivity index (χ2v) is 6.32. The number of hydrogen-bond donors (Lipinski definition) is 0. The van der Waals surface area contributed by atoms with Crippen molar-refractivity contribution in [3.8, 4) is 22.6 Å². The summed E-state index contributed by atoms with van der Waals surface area (Å²) < 4.78 is 0. The molecule has 5 heteroatoms. The van der Waals surface area contributed by atoms with Crippen LogP contribution in [0.5, 0.6) is 0 Å². The van der Waals surface area contributed by atoms with E-state index in [0.717, 1.165) is 33.3 Å². The molecule has 0 bridgehead atoms. The maximum absolute atomic E-state index is 5.86. The molecule has 3 nitrogen and oxygen atoms in total. The number of thioether (sulfide) groups is 1. The SMILES string of the molecule is CCSc1cccnc1-c1ccc(-c2ccc(Cl)cn2)cn1. The number of hydrogen-bond acceptors (Lipinski definition) is 4. The lowest BCUT2D eigenvalue weighted by Gasteiger charge is -2.07. The molecular formula is C17H14ClN3S. The molecule has 3 rings (SSSR count). The zero-order valence-corrected chi connectivity index (χ0v) is 13.6. The van der Waals surface area contributed by atoms with Gasteiger partial charge in [0, 0.05) is 29.0 Å². The lowest BCUT2D eigenvalue weighted by atomic mass is 10.1. The average molecular weight is 328 g/mol. The minimum atomic E-state index is 0.628. The summed E-state index contributed by atoms with van der Waals surface area (Å²) in [7, 11) is 0. The van der Waals surface area contributed by atoms with Crippen LogP contribution in [0, 0.1) is 0 Å². The van der Waals surface area contributed by atoms with Gasteiger partial charge in [0.05, 0.1) is 16.4 Å². The van der Waals surface area contributed by atoms with Crippen molar-refractivity contribution in [2.24, 2.45) is 0 Å². The van der Waals surface area contributed by atoms with Crippen molar-refractivity contribution < 1.29 is 0 Å². The van der Waals surface area contributed by atoms with Gasteiger partial charge in [-0.05, 0) is 42.2 Å². The van der Waals surface area contributed by atoms with Gasteiger partial charge in [-0.2, -0.15) is 0 Å². The second-order valence-electron chi connectivity index (χ2n) is 4.58. The molecule has 0 atom stereocenters. The van der Waals surface area contributed by atoms with Crippen LogP contribution >= 0.6 is 23.4 Å². The monoisotopic (exact) mass is 327 g/mol. The molecule has 0 unspecified atom stereocenters. The van der Waals surface area contributed by atoms with Gasteiger partial charge in [0.15, 0.2) is 0 Å². The van der Waals surface area contributed by atoms with Gasteiger partial charge in [-0.15, -0.1) is 11.8 Å². The summed E-state index contributed by atoms with van der Waals surface area (Å²) in [5.41, 5.74) is 3.60. The van der Waals surface area contributed by atoms with Crippen molar-refractivity contribution in [2.45, 2.75) is 11.8 Å². The van der Waals surface area contributed by atoms with Crippen LogP contribution in [-0.2, 0) is 0 Å². The Bertz CT molecular complexity index is 758. The predicted molar refractivity (Wildman–Crippen MR) is 92.1 cm³/mol. The number of rotatable bonds is 4. The van der Waals surface area contributed by atoms with Crippen LogP contribution in [0.25, 0.3) is 22.6 Å². The molecule has 0 aliphatic heterocycles. The van der Waals surface area contributed by atoms with Crippen molar-refractivity contribution in [1.82, 2.24) is 15.0 Å². The molecule has 3 aromatic heterocycles. The van der Waals surface area contributed by atoms with E-state index in [1.165, 1.54) is 0 Å². The van der Waals surface area contributed by atoms with Gasteiger partial charge in [0.1, 0.15) is 5.69 Å². The maximum Gasteiger partial charge on any atom is 0.102 e. The van der Waals surface area contributed by atoms with Crippen molar-refractivity contribution in [3.05, 3.63) is 60.0 Å². The fourth-order valence-corrected chi connectivity index (χ4v) is 2.98. The lowest BCUT2D eigenvalue weighted by Crippen LogP contribution is -1.91. The van der Waals surface area contributed by atoms with Crippen molar-refractivity contribution in [3.63, 3.8) is 0 Å². The van der Waals surface area contributed by atoms with Crippen LogP contribution in [0.2, 0.25) is 5.02 Å². The molecule has 0 aliphatic carbocycles. The Balaban J connectivity index is 1.93. The normalized spacial score (nSPS) is 10.6. The topological polar surface area (TPSA) is 38.7 Å². The van der Waals surface area contributed by atoms with Gasteiger partial charge < -0.3 is 0 Å². The quantitative estimate of drug-likeness (QED) is 0.634. The van der Waals surface area contributed by atoms with E-state index >= 15 is 0 Å². The zero-order chi connectivity index (χ0) is 15.4. The van der Waals surface area contributed by atoms with Crippen LogP contribution in [-0.4, -0.2) is 20.7 Å². The predicted octanol–water partition coefficient (Wildman–Crippen LogP) is 4.97. The Morgan fingerprint density at radius 2 is 1.77 bits per heavy atom. The Morgan fingerprint density at radius 3 is 2.45 bits per heavy atom. The first-order valence-electron chi connectivity index (χ1n) is 6.94. The fraction of sp³-hybridized carbons (Fsp3) is 0.118. The standard InChI is InChI=1S/C17H14ClN3S/c1-2-22-16-4-3-9-19-17(16)15-7-5-12(10-20-15)14-8-6-13(18)11-21-14/h3-11H,2H2,1H3. The molecule has 0 aliphatic rings. The van der Waals surface area contributed by atoms with Gasteiger partial charge in [-0.1, -0.05) is 18.5 Å². The highest BCUT2D eigenvalue weighted by Crippen LogP contribution is 2.29. The first-order chi connectivity index (χ1) is 10.8. The van der Waals surface area contributed by atoms with Crippen LogP contribution < -0.4 is 0 Å². The third kappa shape index (κ3) is 3.29. The highest BCUT2D eigenvalue weighted by molar-refractivity contribution is 7.99. The van der Waals surface area contributed by atoms with Crippen LogP contribution in [0.3, 0.4) is 0 Å². The van der Waals surface area contributed by atoms with E-state index in [2.05, 4.69) is 27.9 Å². The summed E-state index contributed by atoms with van der Waals surface area (Å²) in [6, 6.07) is 11.7. The molecule has 3 aromatic rings. The summed E-state index contributed by atoms with van der Waals surface area (Å²) in [6.45, 7) is 2.13. The Labute approximate surface area is 138 Å². The molecule has 0 spiro atoms. The summed E-state index contributed by atoms with van der Waals surface area (Å²) in [6.07, 6.45) is 5.26. The molecule has 0 fully saturated rings. The second kappa shape index (κ2) is 6.90. The molecule has 22 heavy (non-hydrogen) atoms. The molecule has 0 aromatic carbocycles. The molecular weight excluding hydrogens is 314 g/mol. The minimum Gasteiger partial charge on any atom is -0.255 e. The first kappa shape index (κ1) is 15.0. The van der Waals surface area contributed by atoms with Crippen molar-refractivity contribution in [1.29, 1.82) is 0 Å². The third-order valence-electron chi connectivity index (χ3n) is 3.10. The summed E-state index contributed by atoms with van der Waals surface area (Å²) in [5.74, 6) is 1.01. The minimum absolute atomic E-state index is 0.628. The molecule has 110 valence electrons. The number of nitrogens with zero attached hydrogens (tertiary/aromatic N) is 3. The van der Waals surface area contributed by atoms with E-state index in [4.69, 9.17) is 11.6 Å². The number of pyridine rings is 3. The molecule has 0 radical (unpaired) electrons. The van der Waals surface area contributed by atoms with E-state index < -0.39 is 0 Å². The van der Waals surface area contributed by atoms with Gasteiger partial charge in [-0.25, -0.2) is 0 Å². The molecule has 0 amide bonds. The average Bonchev–Trinajstić information content (AvgIpc) is 2.57. The number of aromatic nitrogens is 3. The van der Waals surface area contributed by atoms with E-state index in [-0.39, 0.29) is 0 Å². The zero-order valence-electron chi connectivity index (χ0n) is 12.0. The van der Waals surface area contributed by atoms with Crippen LogP contribution in [0.4, 0.5) is 0 Å². The highest BCUT2D eigenvalue weighted by Gasteiger charge is 2.08. The summed E-state index contributed by atoms with van der Waals surface area (Å²) >= 11 is 7.63. The molecule has 0 N–H and O–H groups in total. The largest absolute Gasteiger partial charge is 0.255 e. The van der Waals surface area contributed by atoms with Gasteiger partial charge in [0.2, 0.25) is 0 Å². The van der Waals surface area contributed by atoms with Gasteiger partial charge in [-0.3, -0.25) is 15.0 Å². The van der Waals surface area contributed by atoms with E-state index in [9.17, 15) is 0 Å². The summed E-state index contributed by atoms with van der Waals surface area (Å²) in [5, 5.41) is 0.628. The number of halogens is 1. The smallest absolute Gasteiger partial charge is 0.102 e. The van der Waals surface area contributed by atoms with E-state index in [1.54, 1.807) is 24.2 Å². The molecule has 0 saturated heterocycles. The van der Waals surface area contributed by atoms with E-state index in [0.29, 0.717) is 5.02 Å². The Morgan fingerprint density at radius 1 is 0.955 bits per heavy atom. The molecule has 0 saturated carbocycles. The molecule has 3 heterocycles. The van der Waals surface area contributed by atoms with Crippen LogP contribution in [0.1, 0.15) is 6.92 Å². The van der Waals surface area contributed by atoms with Crippen molar-refractivity contribution >= 4 is 23.4 Å². The van der Waals surface area contributed by atoms with Crippen molar-refractivity contribution in [2.75, 3.05) is 5.75 Å². The maximum atomic E-state index is 5.86. The highest BCUT2D eigenvalue weighted by atomic mass is 35.5. The fourth-order valence-electron chi connectivity index (χ4n) is 2.09. The van der Waals surface area contributed by atoms with Gasteiger partial charge >= 0.3 is 0 Å². The first-order valence-corrected chi connectivity index (χ1v) is 8.30. The van der Waals surface area contributed by atoms with E-state index in [1.807, 2.05) is 36.5 Å². The third-order valence-corrected chi connectivity index (χ3v) is 4.25. The Kier molecular flexibility index (Phi) is 4.71. The summed E-state index contributed by atoms with van der Waals surface area (Å²) in [4.78, 5) is 14.5. The van der Waals surface area contributed by atoms with Crippen LogP contribution in [0.15, 0.2) is 59.9 Å². The lowest BCUT2D eigenvalue weighted by molar-refractivity contribution is 1.18.